The third-order valence-electron chi connectivity index (χ3n) is 4.44. The zero-order valence-electron chi connectivity index (χ0n) is 11.0. The van der Waals surface area contributed by atoms with Crippen molar-refractivity contribution in [3.63, 3.8) is 0 Å². The highest BCUT2D eigenvalue weighted by molar-refractivity contribution is 5.17. The molecule has 3 heteroatoms. The molecule has 0 spiro atoms. The average Bonchev–Trinajstić information content (AvgIpc) is 2.95. The minimum absolute atomic E-state index is 0.623. The molecule has 3 nitrogen and oxygen atoms in total. The minimum Gasteiger partial charge on any atom is -0.314 e. The van der Waals surface area contributed by atoms with Gasteiger partial charge >= 0.3 is 0 Å². The second kappa shape index (κ2) is 5.81. The Bertz CT molecular complexity index is 353. The van der Waals surface area contributed by atoms with E-state index in [1.165, 1.54) is 44.3 Å². The third kappa shape index (κ3) is 2.57. The number of rotatable bonds is 3. The fourth-order valence-electron chi connectivity index (χ4n) is 3.58. The van der Waals surface area contributed by atoms with E-state index in [0.29, 0.717) is 6.04 Å². The van der Waals surface area contributed by atoms with Gasteiger partial charge in [0.05, 0.1) is 0 Å². The second-order valence-corrected chi connectivity index (χ2v) is 5.56. The van der Waals surface area contributed by atoms with Crippen LogP contribution in [0.1, 0.15) is 37.3 Å². The number of hydrogen-bond acceptors (Lipinski definition) is 3. The topological polar surface area (TPSA) is 28.2 Å². The van der Waals surface area contributed by atoms with Crippen LogP contribution in [0.3, 0.4) is 0 Å². The predicted molar refractivity (Wildman–Crippen MR) is 73.4 cm³/mol. The summed E-state index contributed by atoms with van der Waals surface area (Å²) < 4.78 is 0. The molecule has 1 saturated carbocycles. The normalized spacial score (nSPS) is 24.2. The molecule has 2 heterocycles. The number of aromatic nitrogens is 1. The van der Waals surface area contributed by atoms with Crippen molar-refractivity contribution in [3.05, 3.63) is 30.1 Å². The van der Waals surface area contributed by atoms with Crippen LogP contribution < -0.4 is 5.32 Å². The van der Waals surface area contributed by atoms with Gasteiger partial charge in [-0.1, -0.05) is 12.8 Å². The van der Waals surface area contributed by atoms with E-state index in [9.17, 15) is 0 Å². The van der Waals surface area contributed by atoms with Gasteiger partial charge in [-0.25, -0.2) is 0 Å². The van der Waals surface area contributed by atoms with Crippen molar-refractivity contribution in [3.8, 4) is 0 Å². The fraction of sp³-hybridized carbons (Fsp3) is 0.667. The first-order valence-electron chi connectivity index (χ1n) is 7.30. The van der Waals surface area contributed by atoms with Crippen molar-refractivity contribution < 1.29 is 0 Å². The Hall–Kier alpha value is -0.930. The molecule has 0 bridgehead atoms. The van der Waals surface area contributed by atoms with Crippen LogP contribution in [0.2, 0.25) is 0 Å². The number of pyridine rings is 1. The summed E-state index contributed by atoms with van der Waals surface area (Å²) in [6.45, 7) is 4.63. The van der Waals surface area contributed by atoms with Crippen LogP contribution in [0.25, 0.3) is 0 Å². The summed E-state index contributed by atoms with van der Waals surface area (Å²) in [6.07, 6.45) is 9.52. The van der Waals surface area contributed by atoms with Crippen molar-refractivity contribution in [2.75, 3.05) is 26.2 Å². The Kier molecular flexibility index (Phi) is 3.91. The molecule has 0 aromatic carbocycles. The molecule has 1 aromatic heterocycles. The van der Waals surface area contributed by atoms with Gasteiger partial charge in [-0.05, 0) is 36.5 Å². The summed E-state index contributed by atoms with van der Waals surface area (Å²) >= 11 is 0. The molecule has 0 amide bonds. The number of nitrogens with one attached hydrogen (secondary N) is 1. The Morgan fingerprint density at radius 1 is 1.11 bits per heavy atom. The summed E-state index contributed by atoms with van der Waals surface area (Å²) in [4.78, 5) is 6.85. The van der Waals surface area contributed by atoms with Gasteiger partial charge < -0.3 is 5.32 Å². The van der Waals surface area contributed by atoms with Gasteiger partial charge in [0.2, 0.25) is 0 Å². The smallest absolute Gasteiger partial charge is 0.0378 e. The van der Waals surface area contributed by atoms with Gasteiger partial charge in [0.15, 0.2) is 0 Å². The monoisotopic (exact) mass is 245 g/mol. The van der Waals surface area contributed by atoms with Crippen LogP contribution in [-0.2, 0) is 0 Å². The van der Waals surface area contributed by atoms with Gasteiger partial charge in [0, 0.05) is 44.6 Å². The number of piperazine rings is 1. The SMILES string of the molecule is c1cc([C@H](C2CCCC2)N2CCNCC2)ccn1. The van der Waals surface area contributed by atoms with Gasteiger partial charge in [0.25, 0.3) is 0 Å². The first-order chi connectivity index (χ1) is 8.95. The van der Waals surface area contributed by atoms with E-state index in [1.54, 1.807) is 0 Å². The van der Waals surface area contributed by atoms with Crippen molar-refractivity contribution in [1.82, 2.24) is 15.2 Å². The molecule has 98 valence electrons. The molecular weight excluding hydrogens is 222 g/mol. The lowest BCUT2D eigenvalue weighted by Gasteiger charge is -2.38. The van der Waals surface area contributed by atoms with E-state index in [4.69, 9.17) is 0 Å². The van der Waals surface area contributed by atoms with E-state index in [1.807, 2.05) is 12.4 Å². The molecule has 1 saturated heterocycles. The molecule has 1 aromatic rings. The quantitative estimate of drug-likeness (QED) is 0.885. The summed E-state index contributed by atoms with van der Waals surface area (Å²) in [6, 6.07) is 5.05. The Morgan fingerprint density at radius 3 is 2.44 bits per heavy atom. The largest absolute Gasteiger partial charge is 0.314 e. The Morgan fingerprint density at radius 2 is 1.78 bits per heavy atom. The molecule has 1 aliphatic heterocycles. The summed E-state index contributed by atoms with van der Waals surface area (Å²) in [7, 11) is 0. The van der Waals surface area contributed by atoms with Crippen molar-refractivity contribution in [2.24, 2.45) is 5.92 Å². The third-order valence-corrected chi connectivity index (χ3v) is 4.44. The van der Waals surface area contributed by atoms with Crippen LogP contribution in [0.5, 0.6) is 0 Å². The molecule has 0 unspecified atom stereocenters. The van der Waals surface area contributed by atoms with E-state index in [-0.39, 0.29) is 0 Å². The second-order valence-electron chi connectivity index (χ2n) is 5.56. The lowest BCUT2D eigenvalue weighted by molar-refractivity contribution is 0.125. The maximum absolute atomic E-state index is 4.17. The lowest BCUT2D eigenvalue weighted by Crippen LogP contribution is -2.46. The highest BCUT2D eigenvalue weighted by Gasteiger charge is 2.31. The van der Waals surface area contributed by atoms with Crippen LogP contribution in [0, 0.1) is 5.92 Å². The summed E-state index contributed by atoms with van der Waals surface area (Å²) in [5.41, 5.74) is 1.47. The molecule has 1 atom stereocenters. The average molecular weight is 245 g/mol. The molecule has 2 aliphatic rings. The zero-order chi connectivity index (χ0) is 12.2. The zero-order valence-corrected chi connectivity index (χ0v) is 11.0. The number of hydrogen-bond donors (Lipinski definition) is 1. The maximum atomic E-state index is 4.17. The first kappa shape index (κ1) is 12.1. The fourth-order valence-corrected chi connectivity index (χ4v) is 3.58. The highest BCUT2D eigenvalue weighted by Crippen LogP contribution is 2.39. The standard InChI is InChI=1S/C15H23N3/c1-2-4-13(3-1)15(14-5-7-16-8-6-14)18-11-9-17-10-12-18/h5-8,13,15,17H,1-4,9-12H2/t15-/m0/s1. The van der Waals surface area contributed by atoms with Gasteiger partial charge in [-0.15, -0.1) is 0 Å². The number of nitrogens with zero attached hydrogens (tertiary/aromatic N) is 2. The van der Waals surface area contributed by atoms with Gasteiger partial charge in [-0.2, -0.15) is 0 Å². The minimum atomic E-state index is 0.623. The predicted octanol–water partition coefficient (Wildman–Crippen LogP) is 2.22. The van der Waals surface area contributed by atoms with Crippen LogP contribution in [-0.4, -0.2) is 36.1 Å². The van der Waals surface area contributed by atoms with Crippen LogP contribution in [0.4, 0.5) is 0 Å². The summed E-state index contributed by atoms with van der Waals surface area (Å²) in [5.74, 6) is 0.852. The van der Waals surface area contributed by atoms with Gasteiger partial charge in [0.1, 0.15) is 0 Å². The lowest BCUT2D eigenvalue weighted by atomic mass is 9.90. The maximum Gasteiger partial charge on any atom is 0.0378 e. The van der Waals surface area contributed by atoms with E-state index < -0.39 is 0 Å². The molecule has 1 N–H and O–H groups in total. The first-order valence-corrected chi connectivity index (χ1v) is 7.30. The van der Waals surface area contributed by atoms with Crippen molar-refractivity contribution >= 4 is 0 Å². The van der Waals surface area contributed by atoms with Crippen LogP contribution in [0.15, 0.2) is 24.5 Å². The van der Waals surface area contributed by atoms with E-state index in [0.717, 1.165) is 19.0 Å². The molecule has 2 fully saturated rings. The van der Waals surface area contributed by atoms with E-state index in [2.05, 4.69) is 27.3 Å². The summed E-state index contributed by atoms with van der Waals surface area (Å²) in [5, 5.41) is 3.46. The Labute approximate surface area is 110 Å². The Balaban J connectivity index is 1.82. The molecule has 3 rings (SSSR count). The van der Waals surface area contributed by atoms with Crippen LogP contribution >= 0.6 is 0 Å². The van der Waals surface area contributed by atoms with Crippen molar-refractivity contribution in [1.29, 1.82) is 0 Å². The molecule has 1 aliphatic carbocycles. The van der Waals surface area contributed by atoms with Crippen molar-refractivity contribution in [2.45, 2.75) is 31.7 Å². The highest BCUT2D eigenvalue weighted by atomic mass is 15.2. The molecular formula is C15H23N3. The molecule has 18 heavy (non-hydrogen) atoms. The van der Waals surface area contributed by atoms with Gasteiger partial charge in [-0.3, -0.25) is 9.88 Å². The molecule has 0 radical (unpaired) electrons. The van der Waals surface area contributed by atoms with E-state index >= 15 is 0 Å².